The molecule has 0 aliphatic heterocycles. The van der Waals surface area contributed by atoms with Crippen LogP contribution in [0.3, 0.4) is 0 Å². The van der Waals surface area contributed by atoms with Gasteiger partial charge in [0.15, 0.2) is 0 Å². The molecular formula is C22H29N6O4S2-. The van der Waals surface area contributed by atoms with Crippen LogP contribution in [0.5, 0.6) is 0 Å². The highest BCUT2D eigenvalue weighted by atomic mass is 32.2. The molecule has 2 unspecified atom stereocenters. The van der Waals surface area contributed by atoms with Gasteiger partial charge < -0.3 is 14.4 Å². The molecule has 1 saturated carbocycles. The summed E-state index contributed by atoms with van der Waals surface area (Å²) in [7, 11) is -1.55. The first-order chi connectivity index (χ1) is 16.1. The summed E-state index contributed by atoms with van der Waals surface area (Å²) in [5.41, 5.74) is 1.79. The summed E-state index contributed by atoms with van der Waals surface area (Å²) in [5, 5.41) is 4.34. The predicted molar refractivity (Wildman–Crippen MR) is 132 cm³/mol. The molecule has 1 aromatic carbocycles. The van der Waals surface area contributed by atoms with Crippen molar-refractivity contribution in [3.8, 4) is 5.82 Å². The SMILES string of the molecule is CC(NS(=O)[O-])c1cccc2c1ccn2-c1ccnc(NC2CCC(N(C)S(C)(=O)=O)CC2)n1. The minimum Gasteiger partial charge on any atom is -0.760 e. The maximum absolute atomic E-state index is 11.8. The van der Waals surface area contributed by atoms with E-state index in [4.69, 9.17) is 4.98 Å². The lowest BCUT2D eigenvalue weighted by atomic mass is 9.91. The third-order valence-electron chi connectivity index (χ3n) is 6.46. The first kappa shape index (κ1) is 24.7. The Morgan fingerprint density at radius 1 is 1.21 bits per heavy atom. The minimum atomic E-state index is -3.19. The van der Waals surface area contributed by atoms with Crippen LogP contribution in [0.4, 0.5) is 5.95 Å². The summed E-state index contributed by atoms with van der Waals surface area (Å²) in [5.74, 6) is 1.22. The molecule has 3 aromatic rings. The second-order valence-electron chi connectivity index (χ2n) is 8.71. The van der Waals surface area contributed by atoms with Crippen LogP contribution < -0.4 is 10.0 Å². The lowest BCUT2D eigenvalue weighted by Crippen LogP contribution is -2.41. The molecule has 0 saturated heterocycles. The van der Waals surface area contributed by atoms with E-state index in [0.717, 1.165) is 42.1 Å². The quantitative estimate of drug-likeness (QED) is 0.450. The fraction of sp³-hybridized carbons (Fsp3) is 0.455. The molecule has 10 nitrogen and oxygen atoms in total. The molecular weight excluding hydrogens is 476 g/mol. The van der Waals surface area contributed by atoms with Crippen molar-refractivity contribution in [2.75, 3.05) is 18.6 Å². The fourth-order valence-electron chi connectivity index (χ4n) is 4.57. The molecule has 2 atom stereocenters. The average molecular weight is 506 g/mol. The van der Waals surface area contributed by atoms with E-state index in [0.29, 0.717) is 11.8 Å². The van der Waals surface area contributed by atoms with Crippen LogP contribution in [-0.2, 0) is 21.3 Å². The Bertz CT molecular complexity index is 1290. The molecule has 1 aliphatic rings. The number of rotatable bonds is 8. The maximum atomic E-state index is 11.8. The summed E-state index contributed by atoms with van der Waals surface area (Å²) < 4.78 is 51.7. The Hall–Kier alpha value is -2.38. The molecule has 0 amide bonds. The van der Waals surface area contributed by atoms with E-state index < -0.39 is 21.3 Å². The Kier molecular flexibility index (Phi) is 7.33. The van der Waals surface area contributed by atoms with Crippen molar-refractivity contribution in [2.45, 2.75) is 50.7 Å². The normalized spacial score (nSPS) is 21.0. The largest absolute Gasteiger partial charge is 0.760 e. The van der Waals surface area contributed by atoms with Gasteiger partial charge in [0.2, 0.25) is 16.0 Å². The van der Waals surface area contributed by atoms with Crippen LogP contribution in [-0.4, -0.2) is 61.4 Å². The number of anilines is 1. The fourth-order valence-corrected chi connectivity index (χ4v) is 5.73. The molecule has 2 N–H and O–H groups in total. The predicted octanol–water partition coefficient (Wildman–Crippen LogP) is 2.48. The van der Waals surface area contributed by atoms with Crippen molar-refractivity contribution in [2.24, 2.45) is 0 Å². The van der Waals surface area contributed by atoms with Crippen LogP contribution in [0.25, 0.3) is 16.7 Å². The Morgan fingerprint density at radius 2 is 1.94 bits per heavy atom. The van der Waals surface area contributed by atoms with Gasteiger partial charge >= 0.3 is 0 Å². The average Bonchev–Trinajstić information content (AvgIpc) is 3.22. The molecule has 1 aliphatic carbocycles. The topological polar surface area (TPSA) is 132 Å². The second-order valence-corrected chi connectivity index (χ2v) is 11.5. The third kappa shape index (κ3) is 5.47. The highest BCUT2D eigenvalue weighted by molar-refractivity contribution is 7.88. The maximum Gasteiger partial charge on any atom is 0.224 e. The molecule has 4 rings (SSSR count). The minimum absolute atomic E-state index is 0.0247. The summed E-state index contributed by atoms with van der Waals surface area (Å²) in [6.07, 6.45) is 8.09. The van der Waals surface area contributed by atoms with E-state index >= 15 is 0 Å². The molecule has 0 radical (unpaired) electrons. The summed E-state index contributed by atoms with van der Waals surface area (Å²) in [6, 6.07) is 9.37. The molecule has 12 heteroatoms. The van der Waals surface area contributed by atoms with Crippen molar-refractivity contribution >= 4 is 38.1 Å². The number of aromatic nitrogens is 3. The Morgan fingerprint density at radius 3 is 2.62 bits per heavy atom. The van der Waals surface area contributed by atoms with Gasteiger partial charge in [-0.2, -0.15) is 4.98 Å². The van der Waals surface area contributed by atoms with Crippen molar-refractivity contribution < 1.29 is 17.2 Å². The molecule has 2 heterocycles. The van der Waals surface area contributed by atoms with Gasteiger partial charge in [-0.15, -0.1) is 0 Å². The number of benzene rings is 1. The number of hydrogen-bond acceptors (Lipinski definition) is 7. The molecule has 184 valence electrons. The van der Waals surface area contributed by atoms with Crippen LogP contribution >= 0.6 is 0 Å². The summed E-state index contributed by atoms with van der Waals surface area (Å²) in [4.78, 5) is 9.07. The smallest absolute Gasteiger partial charge is 0.224 e. The van der Waals surface area contributed by atoms with E-state index in [1.165, 1.54) is 10.6 Å². The van der Waals surface area contributed by atoms with Gasteiger partial charge in [-0.25, -0.2) is 22.4 Å². The standard InChI is InChI=1S/C22H30N6O4S2/c1-15(26-33(29)30)18-5-4-6-20-19(18)12-14-28(20)21-11-13-23-22(25-21)24-16-7-9-17(10-8-16)27(2)34(3,31)32/h4-6,11-17,26H,7-10H2,1-3H3,(H,29,30)(H,23,24,25)/p-1. The number of nitrogens with one attached hydrogen (secondary N) is 2. The highest BCUT2D eigenvalue weighted by Crippen LogP contribution is 2.28. The van der Waals surface area contributed by atoms with Gasteiger partial charge in [-0.3, -0.25) is 4.21 Å². The molecule has 1 fully saturated rings. The van der Waals surface area contributed by atoms with Gasteiger partial charge in [-0.1, -0.05) is 12.1 Å². The second kappa shape index (κ2) is 10.1. The molecule has 0 spiro atoms. The van der Waals surface area contributed by atoms with Crippen LogP contribution in [0.2, 0.25) is 0 Å². The van der Waals surface area contributed by atoms with Crippen molar-refractivity contribution in [1.29, 1.82) is 0 Å². The highest BCUT2D eigenvalue weighted by Gasteiger charge is 2.28. The van der Waals surface area contributed by atoms with Crippen molar-refractivity contribution in [3.63, 3.8) is 0 Å². The van der Waals surface area contributed by atoms with Gasteiger partial charge in [0, 0.05) is 54.2 Å². The number of sulfonamides is 1. The van der Waals surface area contributed by atoms with Crippen LogP contribution in [0.1, 0.15) is 44.2 Å². The number of nitrogens with zero attached hydrogens (tertiary/aromatic N) is 4. The van der Waals surface area contributed by atoms with Crippen molar-refractivity contribution in [3.05, 3.63) is 48.3 Å². The van der Waals surface area contributed by atoms with Crippen LogP contribution in [0, 0.1) is 0 Å². The lowest BCUT2D eigenvalue weighted by Gasteiger charge is -2.33. The summed E-state index contributed by atoms with van der Waals surface area (Å²) >= 11 is -2.35. The van der Waals surface area contributed by atoms with E-state index in [1.807, 2.05) is 41.1 Å². The zero-order valence-electron chi connectivity index (χ0n) is 19.3. The van der Waals surface area contributed by atoms with E-state index in [9.17, 15) is 17.2 Å². The number of hydrogen-bond donors (Lipinski definition) is 2. The van der Waals surface area contributed by atoms with E-state index in [2.05, 4.69) is 15.0 Å². The first-order valence-corrected chi connectivity index (χ1v) is 14.0. The Labute approximate surface area is 202 Å². The Balaban J connectivity index is 1.50. The zero-order chi connectivity index (χ0) is 24.5. The third-order valence-corrected chi connectivity index (χ3v) is 8.35. The molecule has 34 heavy (non-hydrogen) atoms. The van der Waals surface area contributed by atoms with Crippen molar-refractivity contribution in [1.82, 2.24) is 23.6 Å². The monoisotopic (exact) mass is 505 g/mol. The summed E-state index contributed by atoms with van der Waals surface area (Å²) in [6.45, 7) is 1.80. The van der Waals surface area contributed by atoms with Gasteiger partial charge in [0.1, 0.15) is 5.82 Å². The van der Waals surface area contributed by atoms with Crippen LogP contribution in [0.15, 0.2) is 42.7 Å². The van der Waals surface area contributed by atoms with Gasteiger partial charge in [-0.05, 0) is 56.4 Å². The van der Waals surface area contributed by atoms with Gasteiger partial charge in [0.05, 0.1) is 11.8 Å². The number of fused-ring (bicyclic) bond motifs is 1. The van der Waals surface area contributed by atoms with E-state index in [1.54, 1.807) is 20.2 Å². The lowest BCUT2D eigenvalue weighted by molar-refractivity contribution is 0.276. The first-order valence-electron chi connectivity index (χ1n) is 11.1. The van der Waals surface area contributed by atoms with Gasteiger partial charge in [0.25, 0.3) is 0 Å². The molecule has 0 bridgehead atoms. The zero-order valence-corrected chi connectivity index (χ0v) is 21.0. The molecule has 2 aromatic heterocycles. The van der Waals surface area contributed by atoms with E-state index in [-0.39, 0.29) is 18.1 Å².